The standard InChI is InChI=1S/C24H21ClFN3O4/c1-27(2)23(32)20-16-10-11-28(13-14-8-9-18(26)17(25)12-14)22(31)19(16)21(30)24(33)29(20)15-6-4-3-5-7-15/h3-9,12,30H,10-11,13H2,1-2H3. The molecule has 0 radical (unpaired) electrons. The second-order valence-corrected chi connectivity index (χ2v) is 8.36. The molecule has 3 aromatic rings. The van der Waals surface area contributed by atoms with Crippen LogP contribution in [-0.4, -0.2) is 51.9 Å². The van der Waals surface area contributed by atoms with Gasteiger partial charge in [-0.1, -0.05) is 35.9 Å². The first-order valence-corrected chi connectivity index (χ1v) is 10.6. The quantitative estimate of drug-likeness (QED) is 0.636. The van der Waals surface area contributed by atoms with Gasteiger partial charge in [0.1, 0.15) is 11.5 Å². The smallest absolute Gasteiger partial charge is 0.298 e. The number of halogens is 2. The first kappa shape index (κ1) is 22.5. The summed E-state index contributed by atoms with van der Waals surface area (Å²) in [5.41, 5.74) is 0.318. The van der Waals surface area contributed by atoms with Crippen LogP contribution in [0.5, 0.6) is 5.75 Å². The van der Waals surface area contributed by atoms with E-state index < -0.39 is 28.9 Å². The van der Waals surface area contributed by atoms with Gasteiger partial charge in [-0.2, -0.15) is 0 Å². The number of rotatable bonds is 4. The van der Waals surface area contributed by atoms with Gasteiger partial charge < -0.3 is 14.9 Å². The Morgan fingerprint density at radius 3 is 2.48 bits per heavy atom. The highest BCUT2D eigenvalue weighted by molar-refractivity contribution is 6.30. The molecule has 0 spiro atoms. The molecule has 4 rings (SSSR count). The second kappa shape index (κ2) is 8.71. The minimum absolute atomic E-state index is 0.0434. The Morgan fingerprint density at radius 2 is 1.85 bits per heavy atom. The highest BCUT2D eigenvalue weighted by Crippen LogP contribution is 2.31. The number of carbonyl (C=O) groups excluding carboxylic acids is 2. The van der Waals surface area contributed by atoms with Crippen LogP contribution < -0.4 is 5.56 Å². The van der Waals surface area contributed by atoms with Crippen molar-refractivity contribution in [2.24, 2.45) is 0 Å². The number of nitrogens with zero attached hydrogens (tertiary/aromatic N) is 3. The van der Waals surface area contributed by atoms with Crippen molar-refractivity contribution >= 4 is 23.4 Å². The molecular formula is C24H21ClFN3O4. The topological polar surface area (TPSA) is 82.9 Å². The number of carbonyl (C=O) groups is 2. The van der Waals surface area contributed by atoms with Crippen molar-refractivity contribution in [3.05, 3.63) is 92.1 Å². The predicted octanol–water partition coefficient (Wildman–Crippen LogP) is 3.24. The molecular weight excluding hydrogens is 449 g/mol. The van der Waals surface area contributed by atoms with E-state index in [-0.39, 0.29) is 35.8 Å². The van der Waals surface area contributed by atoms with Gasteiger partial charge in [-0.25, -0.2) is 4.39 Å². The SMILES string of the molecule is CN(C)C(=O)c1c2c(c(O)c(=O)n1-c1ccccc1)C(=O)N(Cc1ccc(F)c(Cl)c1)CC2. The molecule has 0 atom stereocenters. The largest absolute Gasteiger partial charge is 0.502 e. The maximum Gasteiger partial charge on any atom is 0.298 e. The summed E-state index contributed by atoms with van der Waals surface area (Å²) in [4.78, 5) is 42.4. The van der Waals surface area contributed by atoms with Gasteiger partial charge in [0, 0.05) is 38.4 Å². The number of amides is 2. The van der Waals surface area contributed by atoms with Crippen LogP contribution in [0.1, 0.15) is 32.0 Å². The summed E-state index contributed by atoms with van der Waals surface area (Å²) in [6.45, 7) is 0.345. The zero-order valence-electron chi connectivity index (χ0n) is 18.0. The summed E-state index contributed by atoms with van der Waals surface area (Å²) in [5, 5.41) is 10.7. The van der Waals surface area contributed by atoms with E-state index in [1.165, 1.54) is 28.0 Å². The molecule has 9 heteroatoms. The van der Waals surface area contributed by atoms with Crippen LogP contribution in [0.15, 0.2) is 53.3 Å². The zero-order valence-corrected chi connectivity index (χ0v) is 18.8. The lowest BCUT2D eigenvalue weighted by Crippen LogP contribution is -2.42. The number of fused-ring (bicyclic) bond motifs is 1. The van der Waals surface area contributed by atoms with E-state index in [1.54, 1.807) is 44.4 Å². The van der Waals surface area contributed by atoms with E-state index in [0.717, 1.165) is 4.57 Å². The Morgan fingerprint density at radius 1 is 1.15 bits per heavy atom. The lowest BCUT2D eigenvalue weighted by Gasteiger charge is -2.31. The van der Waals surface area contributed by atoms with Crippen molar-refractivity contribution in [2.45, 2.75) is 13.0 Å². The van der Waals surface area contributed by atoms with Gasteiger partial charge in [0.25, 0.3) is 17.4 Å². The summed E-state index contributed by atoms with van der Waals surface area (Å²) in [6, 6.07) is 12.6. The third-order valence-corrected chi connectivity index (χ3v) is 5.86. The van der Waals surface area contributed by atoms with E-state index >= 15 is 0 Å². The number of aromatic nitrogens is 1. The van der Waals surface area contributed by atoms with Gasteiger partial charge in [-0.3, -0.25) is 19.0 Å². The fraction of sp³-hybridized carbons (Fsp3) is 0.208. The highest BCUT2D eigenvalue weighted by Gasteiger charge is 2.35. The minimum Gasteiger partial charge on any atom is -0.502 e. The number of para-hydroxylation sites is 1. The fourth-order valence-corrected chi connectivity index (χ4v) is 4.16. The van der Waals surface area contributed by atoms with E-state index in [1.807, 2.05) is 0 Å². The Bertz CT molecular complexity index is 1320. The number of aromatic hydroxyl groups is 1. The van der Waals surface area contributed by atoms with Gasteiger partial charge in [0.05, 0.1) is 10.6 Å². The molecule has 1 aromatic heterocycles. The lowest BCUT2D eigenvalue weighted by atomic mass is 9.95. The Balaban J connectivity index is 1.86. The predicted molar refractivity (Wildman–Crippen MR) is 122 cm³/mol. The molecule has 0 saturated carbocycles. The zero-order chi connectivity index (χ0) is 23.9. The van der Waals surface area contributed by atoms with Crippen molar-refractivity contribution in [3.63, 3.8) is 0 Å². The highest BCUT2D eigenvalue weighted by atomic mass is 35.5. The van der Waals surface area contributed by atoms with Gasteiger partial charge in [-0.05, 0) is 36.2 Å². The average Bonchev–Trinajstić information content (AvgIpc) is 2.80. The average molecular weight is 470 g/mol. The first-order valence-electron chi connectivity index (χ1n) is 10.2. The molecule has 0 aliphatic carbocycles. The van der Waals surface area contributed by atoms with Crippen LogP contribution >= 0.6 is 11.6 Å². The molecule has 1 aliphatic rings. The van der Waals surface area contributed by atoms with Gasteiger partial charge in [0.15, 0.2) is 5.75 Å². The second-order valence-electron chi connectivity index (χ2n) is 7.95. The Labute approximate surface area is 194 Å². The van der Waals surface area contributed by atoms with Crippen molar-refractivity contribution < 1.29 is 19.1 Å². The summed E-state index contributed by atoms with van der Waals surface area (Å²) in [6.07, 6.45) is 0.242. The van der Waals surface area contributed by atoms with Gasteiger partial charge in [-0.15, -0.1) is 0 Å². The maximum atomic E-state index is 13.5. The van der Waals surface area contributed by atoms with Crippen LogP contribution in [0.4, 0.5) is 4.39 Å². The first-order chi connectivity index (χ1) is 15.7. The van der Waals surface area contributed by atoms with Crippen LogP contribution in [0.2, 0.25) is 5.02 Å². The molecule has 0 bridgehead atoms. The number of pyridine rings is 1. The summed E-state index contributed by atoms with van der Waals surface area (Å²) >= 11 is 5.85. The van der Waals surface area contributed by atoms with Crippen molar-refractivity contribution in [1.82, 2.24) is 14.4 Å². The Hall–Kier alpha value is -3.65. The maximum absolute atomic E-state index is 13.5. The Kier molecular flexibility index (Phi) is 5.95. The molecule has 0 unspecified atom stereocenters. The summed E-state index contributed by atoms with van der Waals surface area (Å²) < 4.78 is 14.6. The molecule has 170 valence electrons. The molecule has 2 amide bonds. The van der Waals surface area contributed by atoms with Gasteiger partial charge >= 0.3 is 0 Å². The van der Waals surface area contributed by atoms with Crippen LogP contribution in [-0.2, 0) is 13.0 Å². The van der Waals surface area contributed by atoms with E-state index in [4.69, 9.17) is 11.6 Å². The number of hydrogen-bond acceptors (Lipinski definition) is 4. The normalized spacial score (nSPS) is 13.1. The van der Waals surface area contributed by atoms with E-state index in [9.17, 15) is 23.9 Å². The molecule has 0 saturated heterocycles. The fourth-order valence-electron chi connectivity index (χ4n) is 3.96. The molecule has 1 N–H and O–H groups in total. The van der Waals surface area contributed by atoms with Crippen molar-refractivity contribution in [1.29, 1.82) is 0 Å². The third-order valence-electron chi connectivity index (χ3n) is 5.57. The van der Waals surface area contributed by atoms with Crippen molar-refractivity contribution in [3.8, 4) is 11.4 Å². The van der Waals surface area contributed by atoms with E-state index in [0.29, 0.717) is 16.8 Å². The summed E-state index contributed by atoms with van der Waals surface area (Å²) in [7, 11) is 3.10. The molecule has 2 heterocycles. The number of benzene rings is 2. The molecule has 0 fully saturated rings. The number of hydrogen-bond donors (Lipinski definition) is 1. The molecule has 2 aromatic carbocycles. The third kappa shape index (κ3) is 3.98. The van der Waals surface area contributed by atoms with Crippen LogP contribution in [0.3, 0.4) is 0 Å². The van der Waals surface area contributed by atoms with Crippen molar-refractivity contribution in [2.75, 3.05) is 20.6 Å². The monoisotopic (exact) mass is 469 g/mol. The summed E-state index contributed by atoms with van der Waals surface area (Å²) in [5.74, 6) is -2.32. The molecule has 1 aliphatic heterocycles. The van der Waals surface area contributed by atoms with Crippen LogP contribution in [0, 0.1) is 5.82 Å². The van der Waals surface area contributed by atoms with E-state index in [2.05, 4.69) is 0 Å². The van der Waals surface area contributed by atoms with Gasteiger partial charge in [0.2, 0.25) is 0 Å². The van der Waals surface area contributed by atoms with Crippen LogP contribution in [0.25, 0.3) is 5.69 Å². The molecule has 7 nitrogen and oxygen atoms in total. The lowest BCUT2D eigenvalue weighted by molar-refractivity contribution is 0.0720. The minimum atomic E-state index is -0.856. The molecule has 33 heavy (non-hydrogen) atoms.